The highest BCUT2D eigenvalue weighted by molar-refractivity contribution is 7.91. The largest absolute Gasteiger partial charge is 0.497 e. The Balaban J connectivity index is 1.31. The first-order valence-corrected chi connectivity index (χ1v) is 22.4. The Bertz CT molecular complexity index is 2270. The third kappa shape index (κ3) is 8.11. The second-order valence-corrected chi connectivity index (χ2v) is 20.1. The molecule has 3 N–H and O–H groups in total. The van der Waals surface area contributed by atoms with Gasteiger partial charge in [-0.05, 0) is 101 Å². The molecule has 2 aliphatic carbocycles. The zero-order chi connectivity index (χ0) is 45.2. The average Bonchev–Trinajstić information content (AvgIpc) is 4.11. The van der Waals surface area contributed by atoms with Crippen molar-refractivity contribution in [2.24, 2.45) is 17.8 Å². The van der Waals surface area contributed by atoms with Crippen molar-refractivity contribution in [3.05, 3.63) is 35.9 Å². The van der Waals surface area contributed by atoms with Crippen LogP contribution < -0.4 is 24.2 Å². The molecule has 62 heavy (non-hydrogen) atoms. The maximum atomic E-state index is 15.1. The van der Waals surface area contributed by atoms with Crippen LogP contribution in [0.2, 0.25) is 0 Å². The molecule has 20 heteroatoms. The van der Waals surface area contributed by atoms with E-state index in [0.717, 1.165) is 22.3 Å². The summed E-state index contributed by atoms with van der Waals surface area (Å²) in [7, 11) is -3.00. The molecule has 1 aromatic carbocycles. The molecule has 0 radical (unpaired) electrons. The number of alkyl halides is 4. The van der Waals surface area contributed by atoms with Crippen LogP contribution in [0.1, 0.15) is 84.6 Å². The summed E-state index contributed by atoms with van der Waals surface area (Å²) in [5.41, 5.74) is -4.11. The minimum atomic E-state index is -5.13. The topological polar surface area (TPSA) is 194 Å². The number of hydrogen-bond donors (Lipinski definition) is 3. The monoisotopic (exact) mass is 895 g/mol. The number of nitrogens with zero attached hydrogens (tertiary/aromatic N) is 3. The first-order chi connectivity index (χ1) is 29.1. The van der Waals surface area contributed by atoms with Crippen molar-refractivity contribution in [2.75, 3.05) is 26.9 Å². The Morgan fingerprint density at radius 2 is 1.87 bits per heavy atom. The Morgan fingerprint density at radius 1 is 1.15 bits per heavy atom. The van der Waals surface area contributed by atoms with Crippen LogP contribution in [0.15, 0.2) is 30.4 Å². The molecule has 4 heterocycles. The van der Waals surface area contributed by atoms with Crippen LogP contribution in [0, 0.1) is 17.8 Å². The summed E-state index contributed by atoms with van der Waals surface area (Å²) in [5.74, 6) is -4.15. The van der Waals surface area contributed by atoms with E-state index >= 15 is 4.79 Å². The van der Waals surface area contributed by atoms with Gasteiger partial charge in [0.15, 0.2) is 0 Å². The van der Waals surface area contributed by atoms with Crippen molar-refractivity contribution in [3.8, 4) is 17.5 Å². The third-order valence-corrected chi connectivity index (χ3v) is 15.4. The summed E-state index contributed by atoms with van der Waals surface area (Å²) in [4.78, 5) is 62.6. The molecule has 3 aliphatic heterocycles. The molecule has 1 aromatic heterocycles. The van der Waals surface area contributed by atoms with E-state index < -0.39 is 99.1 Å². The SMILES string of the molecule is COc1ccc2c(O[C@@H]3C[C@H]4C(=O)N[C@]5(C(=O)NS(=O)(=O)C6(CF)CC6)C[C@H]5/C=C\CC[C@@H](C)C[C@@H](C)[C@H](N(C(=O)O)C(C)(C)C(F)(F)F)C(=O)N4C3)nc3c(c2c1)CCCO3. The zero-order valence-corrected chi connectivity index (χ0v) is 36.0. The van der Waals surface area contributed by atoms with E-state index in [2.05, 4.69) is 10.3 Å². The molecule has 7 rings (SSSR count). The van der Waals surface area contributed by atoms with Crippen molar-refractivity contribution in [2.45, 2.75) is 126 Å². The van der Waals surface area contributed by atoms with Gasteiger partial charge in [0, 0.05) is 23.3 Å². The lowest BCUT2D eigenvalue weighted by Gasteiger charge is -2.45. The Hall–Kier alpha value is -4.88. The van der Waals surface area contributed by atoms with Crippen molar-refractivity contribution < 1.29 is 64.5 Å². The van der Waals surface area contributed by atoms with Gasteiger partial charge in [-0.3, -0.25) is 24.0 Å². The normalized spacial score (nSPS) is 29.3. The smallest absolute Gasteiger partial charge is 0.411 e. The van der Waals surface area contributed by atoms with E-state index in [0.29, 0.717) is 56.7 Å². The van der Waals surface area contributed by atoms with Crippen molar-refractivity contribution in [1.29, 1.82) is 0 Å². The molecule has 2 saturated carbocycles. The van der Waals surface area contributed by atoms with Crippen molar-refractivity contribution >= 4 is 44.6 Å². The van der Waals surface area contributed by atoms with E-state index in [1.54, 1.807) is 30.4 Å². The second-order valence-electron chi connectivity index (χ2n) is 18.0. The van der Waals surface area contributed by atoms with Crippen LogP contribution in [0.3, 0.4) is 0 Å². The van der Waals surface area contributed by atoms with Gasteiger partial charge in [-0.1, -0.05) is 26.0 Å². The predicted octanol–water partition coefficient (Wildman–Crippen LogP) is 5.44. The van der Waals surface area contributed by atoms with E-state index in [9.17, 15) is 45.5 Å². The number of ether oxygens (including phenoxy) is 3. The number of benzene rings is 1. The fourth-order valence-corrected chi connectivity index (χ4v) is 10.6. The van der Waals surface area contributed by atoms with Gasteiger partial charge in [0.2, 0.25) is 33.6 Å². The highest BCUT2D eigenvalue weighted by Gasteiger charge is 2.64. The average molecular weight is 896 g/mol. The van der Waals surface area contributed by atoms with Gasteiger partial charge in [0.05, 0.1) is 20.3 Å². The summed E-state index contributed by atoms with van der Waals surface area (Å²) >= 11 is 0. The molecule has 0 unspecified atom stereocenters. The number of aryl methyl sites for hydroxylation is 1. The first-order valence-electron chi connectivity index (χ1n) is 20.9. The quantitative estimate of drug-likeness (QED) is 0.214. The second kappa shape index (κ2) is 16.3. The number of amides is 4. The fraction of sp³-hybridized carbons (Fsp3) is 0.643. The van der Waals surface area contributed by atoms with E-state index in [1.807, 2.05) is 11.6 Å². The first kappa shape index (κ1) is 45.2. The van der Waals surface area contributed by atoms with Gasteiger partial charge >= 0.3 is 12.3 Å². The number of sulfonamides is 1. The highest BCUT2D eigenvalue weighted by Crippen LogP contribution is 2.48. The molecule has 1 saturated heterocycles. The number of carbonyl (C=O) groups is 4. The molecule has 3 fully saturated rings. The van der Waals surface area contributed by atoms with Crippen LogP contribution in [-0.2, 0) is 30.8 Å². The van der Waals surface area contributed by atoms with Gasteiger partial charge in [0.1, 0.15) is 46.4 Å². The molecule has 4 amide bonds. The number of carboxylic acid groups (broad SMARTS) is 1. The fourth-order valence-electron chi connectivity index (χ4n) is 9.19. The van der Waals surface area contributed by atoms with Crippen LogP contribution in [-0.4, -0.2) is 119 Å². The third-order valence-electron chi connectivity index (χ3n) is 13.3. The highest BCUT2D eigenvalue weighted by atomic mass is 32.2. The van der Waals surface area contributed by atoms with Gasteiger partial charge in [-0.25, -0.2) is 17.6 Å². The molecule has 0 bridgehead atoms. The molecule has 0 spiro atoms. The maximum absolute atomic E-state index is 15.1. The van der Waals surface area contributed by atoms with Gasteiger partial charge in [-0.15, -0.1) is 0 Å². The molecular formula is C42H53F4N5O10S. The van der Waals surface area contributed by atoms with Gasteiger partial charge < -0.3 is 29.5 Å². The van der Waals surface area contributed by atoms with Gasteiger partial charge in [-0.2, -0.15) is 18.2 Å². The van der Waals surface area contributed by atoms with Crippen LogP contribution >= 0.6 is 0 Å². The number of pyridine rings is 1. The lowest BCUT2D eigenvalue weighted by atomic mass is 9.85. The molecular weight excluding hydrogens is 843 g/mol. The van der Waals surface area contributed by atoms with E-state index in [4.69, 9.17) is 14.2 Å². The van der Waals surface area contributed by atoms with Crippen molar-refractivity contribution in [1.82, 2.24) is 24.8 Å². The molecule has 15 nitrogen and oxygen atoms in total. The lowest BCUT2D eigenvalue weighted by molar-refractivity contribution is -0.222. The minimum absolute atomic E-state index is 0.000348. The summed E-state index contributed by atoms with van der Waals surface area (Å²) in [5, 5.41) is 14.5. The molecule has 2 aromatic rings. The van der Waals surface area contributed by atoms with Crippen LogP contribution in [0.4, 0.5) is 22.4 Å². The number of rotatable bonds is 9. The number of aromatic nitrogens is 1. The summed E-state index contributed by atoms with van der Waals surface area (Å²) in [6.07, 6.45) is -2.71. The standard InChI is InChI=1S/C42H53F4N5O10S/c1-23-9-6-7-10-25-20-41(25,37(54)49-62(57,58)40(22-43)14-15-40)48-33(52)31-19-27(61-35-29-13-12-26(59-5)18-30(29)28-11-8-16-60-34(28)47-35)21-50(31)36(53)32(24(2)17-23)51(38(55)56)39(3,4)42(44,45)46/h7,10,12-13,18,23-25,27,31-32H,6,8-9,11,14-17,19-22H2,1-5H3,(H,48,52)(H,49,54)(H,55,56)/b10-7-/t23-,24-,25-,27-,31+,32+,41-/m1/s1. The number of nitrogens with one attached hydrogen (secondary N) is 2. The zero-order valence-electron chi connectivity index (χ0n) is 35.2. The summed E-state index contributed by atoms with van der Waals surface area (Å²) < 4.78 is 103. The number of hydrogen-bond acceptors (Lipinski definition) is 10. The number of methoxy groups -OCH3 is 1. The number of fused-ring (bicyclic) bond motifs is 5. The van der Waals surface area contributed by atoms with Crippen LogP contribution in [0.5, 0.6) is 17.5 Å². The Labute approximate surface area is 356 Å². The van der Waals surface area contributed by atoms with Gasteiger partial charge in [0.25, 0.3) is 5.91 Å². The number of allylic oxidation sites excluding steroid dienone is 1. The predicted molar refractivity (Wildman–Crippen MR) is 216 cm³/mol. The molecule has 5 aliphatic rings. The number of halogens is 4. The summed E-state index contributed by atoms with van der Waals surface area (Å²) in [6.45, 7) is 3.43. The minimum Gasteiger partial charge on any atom is -0.497 e. The maximum Gasteiger partial charge on any atom is 0.411 e. The van der Waals surface area contributed by atoms with Crippen LogP contribution in [0.25, 0.3) is 10.8 Å². The summed E-state index contributed by atoms with van der Waals surface area (Å²) in [6, 6.07) is 1.72. The Kier molecular flexibility index (Phi) is 11.9. The molecule has 7 atom stereocenters. The Morgan fingerprint density at radius 3 is 2.52 bits per heavy atom. The van der Waals surface area contributed by atoms with E-state index in [-0.39, 0.29) is 48.8 Å². The number of carbonyl (C=O) groups excluding carboxylic acids is 3. The lowest BCUT2D eigenvalue weighted by Crippen LogP contribution is -2.66. The van der Waals surface area contributed by atoms with Crippen molar-refractivity contribution in [3.63, 3.8) is 0 Å². The van der Waals surface area contributed by atoms with E-state index in [1.165, 1.54) is 14.0 Å². The molecule has 340 valence electrons.